The van der Waals surface area contributed by atoms with Crippen molar-refractivity contribution in [2.24, 2.45) is 0 Å². The minimum Gasteiger partial charge on any atom is -0.491 e. The lowest BCUT2D eigenvalue weighted by Crippen LogP contribution is -2.25. The van der Waals surface area contributed by atoms with Crippen molar-refractivity contribution < 1.29 is 23.8 Å². The Balaban J connectivity index is 1.61. The fourth-order valence-electron chi connectivity index (χ4n) is 2.23. The summed E-state index contributed by atoms with van der Waals surface area (Å²) in [6, 6.07) is 12.7. The zero-order valence-corrected chi connectivity index (χ0v) is 13.7. The average molecular weight is 345 g/mol. The number of amides is 1. The summed E-state index contributed by atoms with van der Waals surface area (Å²) in [5, 5.41) is 11.6. The number of carboxylic acid groups (broad SMARTS) is 1. The molecule has 2 aromatic carbocycles. The standard InChI is InChI=1S/C19H20FNO4/c20-16-4-1-2-5-17(16)25-13-3-6-18(22)21-12-11-14-7-9-15(10-8-14)19(23)24/h1-2,4-5,7-10H,3,6,11-13H2,(H,21,22)(H,23,24). The monoisotopic (exact) mass is 345 g/mol. The number of para-hydroxylation sites is 1. The van der Waals surface area contributed by atoms with Crippen LogP contribution in [0.3, 0.4) is 0 Å². The average Bonchev–Trinajstić information content (AvgIpc) is 2.60. The van der Waals surface area contributed by atoms with E-state index in [4.69, 9.17) is 9.84 Å². The molecule has 0 saturated heterocycles. The first-order chi connectivity index (χ1) is 12.1. The van der Waals surface area contributed by atoms with Crippen molar-refractivity contribution in [2.45, 2.75) is 19.3 Å². The van der Waals surface area contributed by atoms with Crippen LogP contribution in [0.4, 0.5) is 4.39 Å². The van der Waals surface area contributed by atoms with Crippen molar-refractivity contribution in [1.29, 1.82) is 0 Å². The summed E-state index contributed by atoms with van der Waals surface area (Å²) in [5.74, 6) is -1.29. The van der Waals surface area contributed by atoms with Crippen LogP contribution >= 0.6 is 0 Å². The molecule has 0 aliphatic heterocycles. The fourth-order valence-corrected chi connectivity index (χ4v) is 2.23. The fraction of sp³-hybridized carbons (Fsp3) is 0.263. The summed E-state index contributed by atoms with van der Waals surface area (Å²) in [4.78, 5) is 22.5. The van der Waals surface area contributed by atoms with Crippen LogP contribution in [-0.4, -0.2) is 30.1 Å². The number of benzene rings is 2. The molecule has 0 aliphatic rings. The summed E-state index contributed by atoms with van der Waals surface area (Å²) in [6.45, 7) is 0.741. The Hall–Kier alpha value is -2.89. The number of aromatic carboxylic acids is 1. The first-order valence-electron chi connectivity index (χ1n) is 8.02. The van der Waals surface area contributed by atoms with Gasteiger partial charge < -0.3 is 15.2 Å². The Bertz CT molecular complexity index is 716. The van der Waals surface area contributed by atoms with Gasteiger partial charge in [-0.3, -0.25) is 4.79 Å². The molecular formula is C19H20FNO4. The van der Waals surface area contributed by atoms with Crippen molar-refractivity contribution in [3.63, 3.8) is 0 Å². The van der Waals surface area contributed by atoms with E-state index in [1.54, 1.807) is 42.5 Å². The topological polar surface area (TPSA) is 75.6 Å². The lowest BCUT2D eigenvalue weighted by atomic mass is 10.1. The molecule has 0 radical (unpaired) electrons. The third-order valence-electron chi connectivity index (χ3n) is 3.58. The normalized spacial score (nSPS) is 10.3. The Morgan fingerprint density at radius 2 is 1.80 bits per heavy atom. The number of carbonyl (C=O) groups excluding carboxylic acids is 1. The number of hydrogen-bond donors (Lipinski definition) is 2. The third-order valence-corrected chi connectivity index (χ3v) is 3.58. The van der Waals surface area contributed by atoms with E-state index in [1.165, 1.54) is 6.07 Å². The van der Waals surface area contributed by atoms with Gasteiger partial charge >= 0.3 is 5.97 Å². The van der Waals surface area contributed by atoms with E-state index in [2.05, 4.69) is 5.32 Å². The maximum absolute atomic E-state index is 13.3. The van der Waals surface area contributed by atoms with Gasteiger partial charge in [-0.25, -0.2) is 9.18 Å². The van der Waals surface area contributed by atoms with Crippen molar-refractivity contribution in [3.05, 3.63) is 65.5 Å². The molecular weight excluding hydrogens is 325 g/mol. The molecule has 0 atom stereocenters. The second kappa shape index (κ2) is 9.42. The van der Waals surface area contributed by atoms with E-state index >= 15 is 0 Å². The molecule has 6 heteroatoms. The van der Waals surface area contributed by atoms with Crippen molar-refractivity contribution >= 4 is 11.9 Å². The molecule has 25 heavy (non-hydrogen) atoms. The first-order valence-corrected chi connectivity index (χ1v) is 8.02. The van der Waals surface area contributed by atoms with E-state index in [0.717, 1.165) is 5.56 Å². The highest BCUT2D eigenvalue weighted by Gasteiger charge is 2.05. The summed E-state index contributed by atoms with van der Waals surface area (Å²) >= 11 is 0. The van der Waals surface area contributed by atoms with Crippen molar-refractivity contribution in [2.75, 3.05) is 13.2 Å². The molecule has 5 nitrogen and oxygen atoms in total. The minimum atomic E-state index is -0.961. The smallest absolute Gasteiger partial charge is 0.335 e. The number of halogens is 1. The number of carbonyl (C=O) groups is 2. The number of ether oxygens (including phenoxy) is 1. The predicted molar refractivity (Wildman–Crippen MR) is 91.2 cm³/mol. The molecule has 2 aromatic rings. The lowest BCUT2D eigenvalue weighted by Gasteiger charge is -2.08. The Labute approximate surface area is 145 Å². The second-order valence-corrected chi connectivity index (χ2v) is 5.48. The molecule has 0 saturated carbocycles. The SMILES string of the molecule is O=C(CCCOc1ccccc1F)NCCc1ccc(C(=O)O)cc1. The molecule has 0 fully saturated rings. The van der Waals surface area contributed by atoms with Crippen LogP contribution in [-0.2, 0) is 11.2 Å². The van der Waals surface area contributed by atoms with Gasteiger partial charge in [-0.2, -0.15) is 0 Å². The first kappa shape index (κ1) is 18.4. The third kappa shape index (κ3) is 6.25. The van der Waals surface area contributed by atoms with Gasteiger partial charge in [0.15, 0.2) is 11.6 Å². The van der Waals surface area contributed by atoms with E-state index in [0.29, 0.717) is 25.8 Å². The van der Waals surface area contributed by atoms with Crippen LogP contribution in [0.25, 0.3) is 0 Å². The number of rotatable bonds is 9. The van der Waals surface area contributed by atoms with Gasteiger partial charge in [0.2, 0.25) is 5.91 Å². The van der Waals surface area contributed by atoms with Crippen LogP contribution in [0.2, 0.25) is 0 Å². The van der Waals surface area contributed by atoms with Gasteiger partial charge in [-0.1, -0.05) is 24.3 Å². The lowest BCUT2D eigenvalue weighted by molar-refractivity contribution is -0.121. The number of carboxylic acids is 1. The maximum atomic E-state index is 13.3. The van der Waals surface area contributed by atoms with E-state index in [9.17, 15) is 14.0 Å². The molecule has 0 heterocycles. The summed E-state index contributed by atoms with van der Waals surface area (Å²) < 4.78 is 18.6. The Morgan fingerprint density at radius 1 is 1.08 bits per heavy atom. The van der Waals surface area contributed by atoms with Gasteiger partial charge in [0.25, 0.3) is 0 Å². The van der Waals surface area contributed by atoms with Gasteiger partial charge in [0.1, 0.15) is 0 Å². The van der Waals surface area contributed by atoms with Gasteiger partial charge in [0, 0.05) is 13.0 Å². The zero-order valence-electron chi connectivity index (χ0n) is 13.7. The Kier molecular flexibility index (Phi) is 6.95. The zero-order chi connectivity index (χ0) is 18.1. The molecule has 0 unspecified atom stereocenters. The van der Waals surface area contributed by atoms with E-state index < -0.39 is 11.8 Å². The highest BCUT2D eigenvalue weighted by molar-refractivity contribution is 5.87. The molecule has 0 aromatic heterocycles. The molecule has 132 valence electrons. The van der Waals surface area contributed by atoms with Crippen LogP contribution in [0.1, 0.15) is 28.8 Å². The molecule has 0 aliphatic carbocycles. The van der Waals surface area contributed by atoms with Crippen LogP contribution in [0, 0.1) is 5.82 Å². The van der Waals surface area contributed by atoms with E-state index in [-0.39, 0.29) is 23.8 Å². The summed E-state index contributed by atoms with van der Waals surface area (Å²) in [6.07, 6.45) is 1.41. The van der Waals surface area contributed by atoms with E-state index in [1.807, 2.05) is 0 Å². The predicted octanol–water partition coefficient (Wildman–Crippen LogP) is 3.04. The van der Waals surface area contributed by atoms with Crippen LogP contribution < -0.4 is 10.1 Å². The highest BCUT2D eigenvalue weighted by Crippen LogP contribution is 2.15. The summed E-state index contributed by atoms with van der Waals surface area (Å²) in [7, 11) is 0. The molecule has 0 spiro atoms. The quantitative estimate of drug-likeness (QED) is 0.685. The molecule has 2 rings (SSSR count). The Morgan fingerprint density at radius 3 is 2.48 bits per heavy atom. The number of hydrogen-bond acceptors (Lipinski definition) is 3. The van der Waals surface area contributed by atoms with Crippen LogP contribution in [0.15, 0.2) is 48.5 Å². The largest absolute Gasteiger partial charge is 0.491 e. The van der Waals surface area contributed by atoms with Crippen LogP contribution in [0.5, 0.6) is 5.75 Å². The van der Waals surface area contributed by atoms with Crippen molar-refractivity contribution in [3.8, 4) is 5.75 Å². The second-order valence-electron chi connectivity index (χ2n) is 5.48. The van der Waals surface area contributed by atoms with Gasteiger partial charge in [0.05, 0.1) is 12.2 Å². The highest BCUT2D eigenvalue weighted by atomic mass is 19.1. The van der Waals surface area contributed by atoms with Crippen molar-refractivity contribution in [1.82, 2.24) is 5.32 Å². The number of nitrogens with one attached hydrogen (secondary N) is 1. The maximum Gasteiger partial charge on any atom is 0.335 e. The summed E-state index contributed by atoms with van der Waals surface area (Å²) in [5.41, 5.74) is 1.19. The molecule has 0 bridgehead atoms. The van der Waals surface area contributed by atoms with Gasteiger partial charge in [-0.15, -0.1) is 0 Å². The molecule has 1 amide bonds. The molecule has 2 N–H and O–H groups in total. The minimum absolute atomic E-state index is 0.0979. The van der Waals surface area contributed by atoms with Gasteiger partial charge in [-0.05, 0) is 42.7 Å².